The van der Waals surface area contributed by atoms with Gasteiger partial charge in [-0.1, -0.05) is 54.7 Å². The third-order valence-electron chi connectivity index (χ3n) is 6.24. The number of piperazine rings is 1. The first kappa shape index (κ1) is 25.9. The van der Waals surface area contributed by atoms with Gasteiger partial charge in [0.25, 0.3) is 5.91 Å². The molecule has 1 aliphatic heterocycles. The highest BCUT2D eigenvalue weighted by atomic mass is 35.5. The molecule has 188 valence electrons. The third-order valence-corrected chi connectivity index (χ3v) is 6.82. The smallest absolute Gasteiger partial charge is 0.254 e. The number of carbonyl (C=O) groups is 2. The van der Waals surface area contributed by atoms with Gasteiger partial charge in [0.05, 0.1) is 10.7 Å². The van der Waals surface area contributed by atoms with Crippen LogP contribution in [0.25, 0.3) is 11.3 Å². The van der Waals surface area contributed by atoms with Crippen LogP contribution in [0.15, 0.2) is 60.7 Å². The second-order valence-corrected chi connectivity index (χ2v) is 9.56. The van der Waals surface area contributed by atoms with Crippen LogP contribution in [0.1, 0.15) is 30.1 Å². The zero-order valence-electron chi connectivity index (χ0n) is 20.2. The van der Waals surface area contributed by atoms with E-state index < -0.39 is 0 Å². The van der Waals surface area contributed by atoms with E-state index in [0.717, 1.165) is 29.9 Å². The lowest BCUT2D eigenvalue weighted by molar-refractivity contribution is -0.132. The van der Waals surface area contributed by atoms with Gasteiger partial charge in [0.15, 0.2) is 5.82 Å². The minimum atomic E-state index is -0.152. The Morgan fingerprint density at radius 1 is 0.917 bits per heavy atom. The topological polar surface area (TPSA) is 69.6 Å². The van der Waals surface area contributed by atoms with Gasteiger partial charge in [0.2, 0.25) is 5.91 Å². The minimum Gasteiger partial charge on any atom is -0.352 e. The fourth-order valence-corrected chi connectivity index (χ4v) is 4.49. The van der Waals surface area contributed by atoms with E-state index in [0.29, 0.717) is 48.3 Å². The summed E-state index contributed by atoms with van der Waals surface area (Å²) >= 11 is 12.2. The number of hydrogen-bond acceptors (Lipinski definition) is 5. The summed E-state index contributed by atoms with van der Waals surface area (Å²) < 4.78 is 0. The fraction of sp³-hybridized carbons (Fsp3) is 0.333. The molecule has 9 heteroatoms. The number of unbranched alkanes of at least 4 members (excludes halogenated alkanes) is 1. The molecule has 2 heterocycles. The van der Waals surface area contributed by atoms with Crippen LogP contribution in [-0.4, -0.2) is 71.1 Å². The minimum absolute atomic E-state index is 0.0479. The molecule has 0 aliphatic carbocycles. The van der Waals surface area contributed by atoms with E-state index in [9.17, 15) is 9.59 Å². The Morgan fingerprint density at radius 2 is 1.64 bits per heavy atom. The number of amides is 2. The highest BCUT2D eigenvalue weighted by molar-refractivity contribution is 6.33. The maximum absolute atomic E-state index is 13.1. The summed E-state index contributed by atoms with van der Waals surface area (Å²) in [7, 11) is 0. The largest absolute Gasteiger partial charge is 0.352 e. The third kappa shape index (κ3) is 6.33. The van der Waals surface area contributed by atoms with Crippen LogP contribution in [0.2, 0.25) is 10.0 Å². The van der Waals surface area contributed by atoms with Crippen molar-refractivity contribution >= 4 is 40.8 Å². The Balaban J connectivity index is 1.35. The summed E-state index contributed by atoms with van der Waals surface area (Å²) in [4.78, 5) is 31.7. The molecule has 2 amide bonds. The lowest BCUT2D eigenvalue weighted by Gasteiger charge is -2.36. The number of carbonyl (C=O) groups excluding carboxylic acids is 2. The van der Waals surface area contributed by atoms with Crippen LogP contribution in [0, 0.1) is 0 Å². The Hall–Kier alpha value is -3.16. The van der Waals surface area contributed by atoms with Gasteiger partial charge < -0.3 is 14.7 Å². The van der Waals surface area contributed by atoms with Gasteiger partial charge in [-0.3, -0.25) is 9.59 Å². The zero-order valence-corrected chi connectivity index (χ0v) is 21.8. The maximum Gasteiger partial charge on any atom is 0.254 e. The number of benzene rings is 2. The van der Waals surface area contributed by atoms with Crippen molar-refractivity contribution in [3.8, 4) is 11.3 Å². The van der Waals surface area contributed by atoms with E-state index in [-0.39, 0.29) is 18.4 Å². The average molecular weight is 526 g/mol. The van der Waals surface area contributed by atoms with Crippen LogP contribution < -0.4 is 4.90 Å². The summed E-state index contributed by atoms with van der Waals surface area (Å²) in [5, 5.41) is 9.94. The van der Waals surface area contributed by atoms with Crippen molar-refractivity contribution in [2.24, 2.45) is 0 Å². The maximum atomic E-state index is 13.1. The molecule has 1 fully saturated rings. The zero-order chi connectivity index (χ0) is 25.5. The highest BCUT2D eigenvalue weighted by Gasteiger charge is 2.26. The Labute approximate surface area is 221 Å². The first-order valence-corrected chi connectivity index (χ1v) is 12.9. The summed E-state index contributed by atoms with van der Waals surface area (Å²) in [5.41, 5.74) is 2.09. The predicted octanol–water partition coefficient (Wildman–Crippen LogP) is 5.04. The van der Waals surface area contributed by atoms with Crippen LogP contribution in [-0.2, 0) is 4.79 Å². The first-order valence-electron chi connectivity index (χ1n) is 12.1. The number of halogens is 2. The molecule has 0 spiro atoms. The molecular weight excluding hydrogens is 497 g/mol. The van der Waals surface area contributed by atoms with E-state index in [1.165, 1.54) is 0 Å². The van der Waals surface area contributed by atoms with Crippen molar-refractivity contribution in [3.63, 3.8) is 0 Å². The standard InChI is InChI=1S/C27H29Cl2N5O2/c1-2-3-14-34(27(36)20-8-10-21(28)11-9-20)19-26(35)33-17-15-32(16-18-33)25-13-12-24(30-31-25)22-6-4-5-7-23(22)29/h4-13H,2-3,14-19H2,1H3. The lowest BCUT2D eigenvalue weighted by Crippen LogP contribution is -2.52. The number of rotatable bonds is 8. The van der Waals surface area contributed by atoms with Gasteiger partial charge in [-0.05, 0) is 48.9 Å². The van der Waals surface area contributed by atoms with Gasteiger partial charge in [0.1, 0.15) is 6.54 Å². The molecular formula is C27H29Cl2N5O2. The molecule has 1 saturated heterocycles. The summed E-state index contributed by atoms with van der Waals surface area (Å²) in [6.07, 6.45) is 1.77. The normalized spacial score (nSPS) is 13.5. The second-order valence-electron chi connectivity index (χ2n) is 8.71. The number of nitrogens with zero attached hydrogens (tertiary/aromatic N) is 5. The molecule has 0 radical (unpaired) electrons. The van der Waals surface area contributed by atoms with Gasteiger partial charge in [-0.15, -0.1) is 10.2 Å². The van der Waals surface area contributed by atoms with Gasteiger partial charge in [-0.25, -0.2) is 0 Å². The van der Waals surface area contributed by atoms with Gasteiger partial charge in [-0.2, -0.15) is 0 Å². The van der Waals surface area contributed by atoms with Crippen molar-refractivity contribution in [1.29, 1.82) is 0 Å². The summed E-state index contributed by atoms with van der Waals surface area (Å²) in [5.74, 6) is 0.564. The monoisotopic (exact) mass is 525 g/mol. The molecule has 0 saturated carbocycles. The van der Waals surface area contributed by atoms with E-state index in [1.54, 1.807) is 29.2 Å². The molecule has 1 aromatic heterocycles. The molecule has 0 unspecified atom stereocenters. The Bertz CT molecular complexity index is 1180. The molecule has 3 aromatic rings. The van der Waals surface area contributed by atoms with E-state index in [1.807, 2.05) is 41.3 Å². The molecule has 0 N–H and O–H groups in total. The average Bonchev–Trinajstić information content (AvgIpc) is 2.91. The van der Waals surface area contributed by atoms with E-state index in [4.69, 9.17) is 23.2 Å². The summed E-state index contributed by atoms with van der Waals surface area (Å²) in [6.45, 7) is 5.08. The highest BCUT2D eigenvalue weighted by Crippen LogP contribution is 2.26. The number of hydrogen-bond donors (Lipinski definition) is 0. The predicted molar refractivity (Wildman–Crippen MR) is 144 cm³/mol. The number of aromatic nitrogens is 2. The van der Waals surface area contributed by atoms with Crippen LogP contribution in [0.4, 0.5) is 5.82 Å². The molecule has 1 aliphatic rings. The molecule has 2 aromatic carbocycles. The first-order chi connectivity index (χ1) is 17.5. The van der Waals surface area contributed by atoms with Gasteiger partial charge in [0, 0.05) is 48.9 Å². The van der Waals surface area contributed by atoms with Crippen LogP contribution >= 0.6 is 23.2 Å². The van der Waals surface area contributed by atoms with Crippen molar-refractivity contribution in [2.45, 2.75) is 19.8 Å². The Kier molecular flexibility index (Phi) is 8.78. The molecule has 0 atom stereocenters. The van der Waals surface area contributed by atoms with Crippen molar-refractivity contribution < 1.29 is 9.59 Å². The molecule has 7 nitrogen and oxygen atoms in total. The molecule has 0 bridgehead atoms. The van der Waals surface area contributed by atoms with Crippen LogP contribution in [0.3, 0.4) is 0 Å². The fourth-order valence-electron chi connectivity index (χ4n) is 4.13. The van der Waals surface area contributed by atoms with Crippen molar-refractivity contribution in [3.05, 3.63) is 76.3 Å². The molecule has 4 rings (SSSR count). The number of anilines is 1. The van der Waals surface area contributed by atoms with Crippen LogP contribution in [0.5, 0.6) is 0 Å². The van der Waals surface area contributed by atoms with E-state index in [2.05, 4.69) is 22.0 Å². The quantitative estimate of drug-likeness (QED) is 0.411. The summed E-state index contributed by atoms with van der Waals surface area (Å²) in [6, 6.07) is 18.2. The Morgan fingerprint density at radius 3 is 2.28 bits per heavy atom. The van der Waals surface area contributed by atoms with Crippen molar-refractivity contribution in [2.75, 3.05) is 44.2 Å². The SMILES string of the molecule is CCCCN(CC(=O)N1CCN(c2ccc(-c3ccccc3Cl)nn2)CC1)C(=O)c1ccc(Cl)cc1. The van der Waals surface area contributed by atoms with E-state index >= 15 is 0 Å². The lowest BCUT2D eigenvalue weighted by atomic mass is 10.1. The van der Waals surface area contributed by atoms with Crippen molar-refractivity contribution in [1.82, 2.24) is 20.0 Å². The second kappa shape index (κ2) is 12.2. The molecule has 36 heavy (non-hydrogen) atoms. The van der Waals surface area contributed by atoms with Gasteiger partial charge >= 0.3 is 0 Å².